The Hall–Kier alpha value is -3.13. The first-order valence-corrected chi connectivity index (χ1v) is 10.9. The molecule has 0 saturated carbocycles. The van der Waals surface area contributed by atoms with Gasteiger partial charge < -0.3 is 5.73 Å². The number of hydrogen-bond donors (Lipinski definition) is 1. The van der Waals surface area contributed by atoms with Crippen molar-refractivity contribution in [1.29, 1.82) is 0 Å². The zero-order chi connectivity index (χ0) is 22.4. The van der Waals surface area contributed by atoms with E-state index in [4.69, 9.17) is 5.73 Å². The van der Waals surface area contributed by atoms with E-state index in [1.54, 1.807) is 37.6 Å². The Kier molecular flexibility index (Phi) is 5.13. The van der Waals surface area contributed by atoms with E-state index in [2.05, 4.69) is 9.98 Å². The van der Waals surface area contributed by atoms with Gasteiger partial charge >= 0.3 is 0 Å². The van der Waals surface area contributed by atoms with E-state index in [0.29, 0.717) is 34.4 Å². The normalized spacial score (nSPS) is 25.5. The Morgan fingerprint density at radius 2 is 2.19 bits per heavy atom. The Balaban J connectivity index is 1.91. The van der Waals surface area contributed by atoms with Crippen LogP contribution >= 0.6 is 11.3 Å². The molecular formula is C23H23FN4O2S. The summed E-state index contributed by atoms with van der Waals surface area (Å²) in [5.74, 6) is -0.773. The fourth-order valence-electron chi connectivity index (χ4n) is 4.14. The molecule has 1 aliphatic carbocycles. The number of halogens is 1. The number of carbonyl (C=O) groups excluding carboxylic acids is 2. The molecule has 0 aromatic carbocycles. The molecule has 8 heteroatoms. The van der Waals surface area contributed by atoms with Crippen LogP contribution < -0.4 is 5.73 Å². The molecule has 2 aromatic heterocycles. The molecule has 0 radical (unpaired) electrons. The number of guanidine groups is 1. The lowest BCUT2D eigenvalue weighted by Gasteiger charge is -2.34. The highest BCUT2D eigenvalue weighted by atomic mass is 32.1. The van der Waals surface area contributed by atoms with E-state index < -0.39 is 16.9 Å². The molecule has 0 bridgehead atoms. The van der Waals surface area contributed by atoms with E-state index in [-0.39, 0.29) is 17.6 Å². The largest absolute Gasteiger partial charge is 0.369 e. The highest BCUT2D eigenvalue weighted by molar-refractivity contribution is 7.12. The van der Waals surface area contributed by atoms with E-state index >= 15 is 0 Å². The fourth-order valence-corrected chi connectivity index (χ4v) is 5.10. The number of allylic oxidation sites excluding steroid dienone is 2. The summed E-state index contributed by atoms with van der Waals surface area (Å²) in [6, 6.07) is 5.11. The number of nitrogens with two attached hydrogens (primary N) is 1. The molecule has 0 spiro atoms. The van der Waals surface area contributed by atoms with Crippen LogP contribution in [0.5, 0.6) is 0 Å². The lowest BCUT2D eigenvalue weighted by atomic mass is 9.71. The molecule has 3 heterocycles. The van der Waals surface area contributed by atoms with Gasteiger partial charge in [-0.15, -0.1) is 11.3 Å². The summed E-state index contributed by atoms with van der Waals surface area (Å²) in [6.45, 7) is 3.70. The summed E-state index contributed by atoms with van der Waals surface area (Å²) < 4.78 is 14.6. The first kappa shape index (κ1) is 21.1. The van der Waals surface area contributed by atoms with Gasteiger partial charge in [0.1, 0.15) is 0 Å². The number of nitrogens with zero attached hydrogens (tertiary/aromatic N) is 3. The molecule has 0 fully saturated rings. The molecule has 0 saturated heterocycles. The second kappa shape index (κ2) is 7.53. The van der Waals surface area contributed by atoms with Crippen LogP contribution in [-0.2, 0) is 15.7 Å². The number of pyridine rings is 1. The van der Waals surface area contributed by atoms with Gasteiger partial charge in [-0.05, 0) is 29.5 Å². The predicted octanol–water partition coefficient (Wildman–Crippen LogP) is 3.70. The van der Waals surface area contributed by atoms with Crippen molar-refractivity contribution >= 4 is 29.0 Å². The Bertz CT molecular complexity index is 1170. The minimum absolute atomic E-state index is 0.00223. The average molecular weight is 439 g/mol. The van der Waals surface area contributed by atoms with Crippen molar-refractivity contribution < 1.29 is 14.0 Å². The predicted molar refractivity (Wildman–Crippen MR) is 118 cm³/mol. The van der Waals surface area contributed by atoms with Crippen LogP contribution in [0.3, 0.4) is 0 Å². The van der Waals surface area contributed by atoms with E-state index in [9.17, 15) is 14.0 Å². The third-order valence-corrected chi connectivity index (χ3v) is 6.93. The van der Waals surface area contributed by atoms with Gasteiger partial charge in [0, 0.05) is 36.2 Å². The lowest BCUT2D eigenvalue weighted by Crippen LogP contribution is -2.42. The van der Waals surface area contributed by atoms with Gasteiger partial charge in [0.2, 0.25) is 5.95 Å². The molecule has 1 aliphatic heterocycles. The SMILES string of the molecule is CCC(=O)c1cc(C2(C3=CC(C)(c4cccnc4F)CC=C3)N=C(N)N(C)C2=O)cs1. The molecular weight excluding hydrogens is 415 g/mol. The van der Waals surface area contributed by atoms with Gasteiger partial charge in [0.05, 0.1) is 4.88 Å². The van der Waals surface area contributed by atoms with Crippen LogP contribution in [0.15, 0.2) is 58.6 Å². The summed E-state index contributed by atoms with van der Waals surface area (Å²) in [5, 5.41) is 1.78. The summed E-state index contributed by atoms with van der Waals surface area (Å²) in [7, 11) is 1.57. The zero-order valence-corrected chi connectivity index (χ0v) is 18.4. The summed E-state index contributed by atoms with van der Waals surface area (Å²) in [5.41, 5.74) is 5.53. The third kappa shape index (κ3) is 3.22. The van der Waals surface area contributed by atoms with Gasteiger partial charge in [-0.2, -0.15) is 4.39 Å². The first-order valence-electron chi connectivity index (χ1n) is 9.99. The molecule has 1 amide bonds. The van der Waals surface area contributed by atoms with Crippen LogP contribution in [0.4, 0.5) is 4.39 Å². The highest BCUT2D eigenvalue weighted by Gasteiger charge is 2.52. The second-order valence-corrected chi connectivity index (χ2v) is 8.90. The second-order valence-electron chi connectivity index (χ2n) is 7.99. The molecule has 2 unspecified atom stereocenters. The van der Waals surface area contributed by atoms with Gasteiger partial charge in [-0.1, -0.05) is 38.1 Å². The number of rotatable bonds is 5. The number of aromatic nitrogens is 1. The maximum absolute atomic E-state index is 14.6. The van der Waals surface area contributed by atoms with Crippen molar-refractivity contribution in [3.63, 3.8) is 0 Å². The third-order valence-electron chi connectivity index (χ3n) is 5.96. The number of likely N-dealkylation sites (N-methyl/N-ethyl adjacent to an activating group) is 1. The average Bonchev–Trinajstić information content (AvgIpc) is 3.34. The smallest absolute Gasteiger partial charge is 0.266 e. The Morgan fingerprint density at radius 3 is 2.84 bits per heavy atom. The van der Waals surface area contributed by atoms with Crippen molar-refractivity contribution in [3.05, 3.63) is 75.5 Å². The number of ketones is 1. The molecule has 2 N–H and O–H groups in total. The molecule has 4 rings (SSSR count). The number of hydrogen-bond acceptors (Lipinski definition) is 6. The summed E-state index contributed by atoms with van der Waals surface area (Å²) >= 11 is 1.28. The van der Waals surface area contributed by atoms with Crippen LogP contribution in [0.1, 0.15) is 47.5 Å². The molecule has 160 valence electrons. The fraction of sp³-hybridized carbons (Fsp3) is 0.304. The summed E-state index contributed by atoms with van der Waals surface area (Å²) in [6.07, 6.45) is 7.94. The number of aliphatic imine (C=N–C) groups is 1. The number of Topliss-reactive ketones (excluding diaryl/α,β-unsaturated/α-hetero) is 1. The van der Waals surface area contributed by atoms with E-state index in [0.717, 1.165) is 0 Å². The maximum atomic E-state index is 14.6. The lowest BCUT2D eigenvalue weighted by molar-refractivity contribution is -0.129. The monoisotopic (exact) mass is 438 g/mol. The van der Waals surface area contributed by atoms with Crippen LogP contribution in [0, 0.1) is 5.95 Å². The van der Waals surface area contributed by atoms with Gasteiger partial charge in [-0.3, -0.25) is 14.5 Å². The minimum Gasteiger partial charge on any atom is -0.369 e. The van der Waals surface area contributed by atoms with Crippen molar-refractivity contribution in [3.8, 4) is 0 Å². The van der Waals surface area contributed by atoms with Crippen LogP contribution in [0.25, 0.3) is 0 Å². The quantitative estimate of drug-likeness (QED) is 0.569. The van der Waals surface area contributed by atoms with Crippen molar-refractivity contribution in [1.82, 2.24) is 9.88 Å². The van der Waals surface area contributed by atoms with Gasteiger partial charge in [0.15, 0.2) is 17.3 Å². The van der Waals surface area contributed by atoms with Gasteiger partial charge in [-0.25, -0.2) is 9.98 Å². The molecule has 6 nitrogen and oxygen atoms in total. The Labute approximate surface area is 184 Å². The number of thiophene rings is 1. The molecule has 31 heavy (non-hydrogen) atoms. The van der Waals surface area contributed by atoms with Crippen molar-refractivity contribution in [2.24, 2.45) is 10.7 Å². The maximum Gasteiger partial charge on any atom is 0.266 e. The Morgan fingerprint density at radius 1 is 1.42 bits per heavy atom. The van der Waals surface area contributed by atoms with E-state index in [1.807, 2.05) is 25.2 Å². The summed E-state index contributed by atoms with van der Waals surface area (Å²) in [4.78, 5) is 36.0. The van der Waals surface area contributed by atoms with Crippen LogP contribution in [-0.4, -0.2) is 34.6 Å². The molecule has 2 aromatic rings. The zero-order valence-electron chi connectivity index (χ0n) is 17.6. The minimum atomic E-state index is -1.42. The topological polar surface area (TPSA) is 88.7 Å². The van der Waals surface area contributed by atoms with E-state index in [1.165, 1.54) is 22.4 Å². The molecule has 2 aliphatic rings. The number of amides is 1. The van der Waals surface area contributed by atoms with Crippen LogP contribution in [0.2, 0.25) is 0 Å². The highest BCUT2D eigenvalue weighted by Crippen LogP contribution is 2.46. The van der Waals surface area contributed by atoms with Crippen molar-refractivity contribution in [2.45, 2.75) is 37.6 Å². The molecule has 2 atom stereocenters. The standard InChI is InChI=1S/C23H23FN4O2S/c1-4-17(29)18-11-15(13-31-18)23(20(30)28(3)21(25)27-23)14-7-5-9-22(2,12-14)16-8-6-10-26-19(16)24/h5-8,10-13H,4,9H2,1-3H3,(H2,25,27). The first-order chi connectivity index (χ1) is 14.7. The van der Waals surface area contributed by atoms with Crippen molar-refractivity contribution in [2.75, 3.05) is 7.05 Å². The number of carbonyl (C=O) groups is 2. The van der Waals surface area contributed by atoms with Gasteiger partial charge in [0.25, 0.3) is 5.91 Å².